The van der Waals surface area contributed by atoms with E-state index in [0.29, 0.717) is 37.5 Å². The molecule has 1 unspecified atom stereocenters. The summed E-state index contributed by atoms with van der Waals surface area (Å²) in [6.07, 6.45) is 6.93. The number of benzene rings is 2. The van der Waals surface area contributed by atoms with Crippen LogP contribution < -0.4 is 4.74 Å². The van der Waals surface area contributed by atoms with Gasteiger partial charge in [-0.05, 0) is 47.6 Å². The molecule has 2 aliphatic heterocycles. The molecule has 4 nitrogen and oxygen atoms in total. The van der Waals surface area contributed by atoms with Crippen LogP contribution in [0.3, 0.4) is 0 Å². The summed E-state index contributed by atoms with van der Waals surface area (Å²) in [5, 5.41) is 8.98. The molecule has 30 heavy (non-hydrogen) atoms. The van der Waals surface area contributed by atoms with Crippen LogP contribution in [0.1, 0.15) is 66.4 Å². The van der Waals surface area contributed by atoms with Gasteiger partial charge in [-0.1, -0.05) is 43.5 Å². The number of carbonyl (C=O) groups is 1. The summed E-state index contributed by atoms with van der Waals surface area (Å²) in [5.74, 6) is 0.244. The average Bonchev–Trinajstić information content (AvgIpc) is 3.13. The second-order valence-electron chi connectivity index (χ2n) is 9.10. The Morgan fingerprint density at radius 2 is 1.90 bits per heavy atom. The molecular formula is C25H28FNO3. The number of carboxylic acid groups (broad SMARTS) is 1. The van der Waals surface area contributed by atoms with Crippen LogP contribution in [0.2, 0.25) is 0 Å². The van der Waals surface area contributed by atoms with Crippen molar-refractivity contribution >= 4 is 5.97 Å². The summed E-state index contributed by atoms with van der Waals surface area (Å²) in [4.78, 5) is 13.0. The third kappa shape index (κ3) is 3.83. The quantitative estimate of drug-likeness (QED) is 0.749. The maximum Gasteiger partial charge on any atom is 0.309 e. The van der Waals surface area contributed by atoms with Crippen LogP contribution in [0.15, 0.2) is 36.4 Å². The van der Waals surface area contributed by atoms with E-state index in [0.717, 1.165) is 11.3 Å². The molecule has 5 heteroatoms. The minimum absolute atomic E-state index is 0.242. The minimum Gasteiger partial charge on any atom is -0.485 e. The lowest BCUT2D eigenvalue weighted by atomic mass is 9.83. The van der Waals surface area contributed by atoms with Crippen molar-refractivity contribution in [1.29, 1.82) is 0 Å². The minimum atomic E-state index is -0.752. The fraction of sp³-hybridized carbons (Fsp3) is 0.480. The van der Waals surface area contributed by atoms with Crippen LogP contribution >= 0.6 is 0 Å². The first-order chi connectivity index (χ1) is 14.6. The molecule has 1 aliphatic carbocycles. The maximum atomic E-state index is 14.9. The van der Waals surface area contributed by atoms with Gasteiger partial charge in [-0.15, -0.1) is 0 Å². The molecule has 1 saturated heterocycles. The lowest BCUT2D eigenvalue weighted by Crippen LogP contribution is -2.49. The second kappa shape index (κ2) is 8.03. The van der Waals surface area contributed by atoms with E-state index >= 15 is 0 Å². The molecule has 2 fully saturated rings. The van der Waals surface area contributed by atoms with Gasteiger partial charge in [-0.25, -0.2) is 4.39 Å². The normalized spacial score (nSPS) is 22.4. The van der Waals surface area contributed by atoms with E-state index in [9.17, 15) is 9.18 Å². The number of aliphatic carboxylic acids is 1. The van der Waals surface area contributed by atoms with Crippen molar-refractivity contribution in [2.45, 2.75) is 57.1 Å². The standard InChI is InChI=1S/C25H28FNO3/c26-22-10-16(13-27-14-20(15-27)25(28)29)6-8-21(22)24-12-19-11-18(7-9-23(19)30-24)17-4-2-1-3-5-17/h6-11,17,20,24H,1-5,12-15H2,(H,28,29). The zero-order valence-electron chi connectivity index (χ0n) is 17.1. The van der Waals surface area contributed by atoms with Crippen molar-refractivity contribution in [3.63, 3.8) is 0 Å². The molecule has 5 rings (SSSR count). The maximum absolute atomic E-state index is 14.9. The van der Waals surface area contributed by atoms with E-state index in [1.807, 2.05) is 17.0 Å². The van der Waals surface area contributed by atoms with E-state index in [4.69, 9.17) is 9.84 Å². The number of halogens is 1. The van der Waals surface area contributed by atoms with Crippen LogP contribution in [0, 0.1) is 11.7 Å². The van der Waals surface area contributed by atoms with E-state index in [1.54, 1.807) is 6.07 Å². The molecule has 1 saturated carbocycles. The van der Waals surface area contributed by atoms with Gasteiger partial charge in [0.25, 0.3) is 0 Å². The number of rotatable bonds is 5. The SMILES string of the molecule is O=C(O)C1CN(Cc2ccc(C3Cc4cc(C5CCCCC5)ccc4O3)c(F)c2)C1. The Morgan fingerprint density at radius 1 is 1.10 bits per heavy atom. The predicted octanol–water partition coefficient (Wildman–Crippen LogP) is 5.07. The van der Waals surface area contributed by atoms with Gasteiger partial charge in [-0.3, -0.25) is 9.69 Å². The Bertz CT molecular complexity index is 947. The molecular weight excluding hydrogens is 381 g/mol. The largest absolute Gasteiger partial charge is 0.485 e. The van der Waals surface area contributed by atoms with Gasteiger partial charge in [0, 0.05) is 31.6 Å². The van der Waals surface area contributed by atoms with E-state index in [2.05, 4.69) is 18.2 Å². The number of ether oxygens (including phenoxy) is 1. The molecule has 0 spiro atoms. The molecule has 1 atom stereocenters. The third-order valence-corrected chi connectivity index (χ3v) is 6.96. The lowest BCUT2D eigenvalue weighted by Gasteiger charge is -2.36. The van der Waals surface area contributed by atoms with Gasteiger partial charge in [0.15, 0.2) is 0 Å². The molecule has 3 aliphatic rings. The van der Waals surface area contributed by atoms with E-state index in [1.165, 1.54) is 43.2 Å². The zero-order valence-corrected chi connectivity index (χ0v) is 17.1. The van der Waals surface area contributed by atoms with Gasteiger partial charge < -0.3 is 9.84 Å². The molecule has 158 valence electrons. The summed E-state index contributed by atoms with van der Waals surface area (Å²) in [7, 11) is 0. The highest BCUT2D eigenvalue weighted by atomic mass is 19.1. The molecule has 0 bridgehead atoms. The summed E-state index contributed by atoms with van der Waals surface area (Å²) >= 11 is 0. The van der Waals surface area contributed by atoms with Crippen molar-refractivity contribution in [2.24, 2.45) is 5.92 Å². The first-order valence-electron chi connectivity index (χ1n) is 11.1. The van der Waals surface area contributed by atoms with Crippen molar-refractivity contribution in [3.8, 4) is 5.75 Å². The highest BCUT2D eigenvalue weighted by Gasteiger charge is 2.33. The lowest BCUT2D eigenvalue weighted by molar-refractivity contribution is -0.147. The molecule has 1 N–H and O–H groups in total. The van der Waals surface area contributed by atoms with Crippen LogP contribution in [-0.4, -0.2) is 29.1 Å². The van der Waals surface area contributed by atoms with Crippen LogP contribution in [0.25, 0.3) is 0 Å². The molecule has 2 heterocycles. The fourth-order valence-electron chi connectivity index (χ4n) is 5.18. The fourth-order valence-corrected chi connectivity index (χ4v) is 5.18. The van der Waals surface area contributed by atoms with Crippen molar-refractivity contribution in [1.82, 2.24) is 4.90 Å². The highest BCUT2D eigenvalue weighted by molar-refractivity contribution is 5.71. The van der Waals surface area contributed by atoms with Crippen LogP contribution in [-0.2, 0) is 17.8 Å². The number of hydrogen-bond donors (Lipinski definition) is 1. The number of carboxylic acids is 1. The highest BCUT2D eigenvalue weighted by Crippen LogP contribution is 2.41. The molecule has 0 radical (unpaired) electrons. The number of likely N-dealkylation sites (tertiary alicyclic amines) is 1. The Hall–Kier alpha value is -2.40. The molecule has 2 aromatic carbocycles. The number of fused-ring (bicyclic) bond motifs is 1. The second-order valence-corrected chi connectivity index (χ2v) is 9.10. The van der Waals surface area contributed by atoms with Gasteiger partial charge in [0.2, 0.25) is 0 Å². The Labute approximate surface area is 176 Å². The van der Waals surface area contributed by atoms with Crippen molar-refractivity contribution in [3.05, 3.63) is 64.5 Å². The van der Waals surface area contributed by atoms with Crippen LogP contribution in [0.5, 0.6) is 5.75 Å². The summed E-state index contributed by atoms with van der Waals surface area (Å²) in [5.41, 5.74) is 4.06. The Balaban J connectivity index is 1.25. The number of hydrogen-bond acceptors (Lipinski definition) is 3. The summed E-state index contributed by atoms with van der Waals surface area (Å²) < 4.78 is 21.0. The van der Waals surface area contributed by atoms with Gasteiger partial charge in [-0.2, -0.15) is 0 Å². The van der Waals surface area contributed by atoms with Gasteiger partial charge in [0.05, 0.1) is 5.92 Å². The van der Waals surface area contributed by atoms with Gasteiger partial charge in [0.1, 0.15) is 17.7 Å². The smallest absolute Gasteiger partial charge is 0.309 e. The first kappa shape index (κ1) is 19.6. The predicted molar refractivity (Wildman–Crippen MR) is 112 cm³/mol. The first-order valence-corrected chi connectivity index (χ1v) is 11.1. The van der Waals surface area contributed by atoms with Crippen molar-refractivity contribution in [2.75, 3.05) is 13.1 Å². The zero-order chi connectivity index (χ0) is 20.7. The molecule has 0 amide bonds. The summed E-state index contributed by atoms with van der Waals surface area (Å²) in [6.45, 7) is 1.64. The van der Waals surface area contributed by atoms with E-state index in [-0.39, 0.29) is 17.8 Å². The summed E-state index contributed by atoms with van der Waals surface area (Å²) in [6, 6.07) is 11.9. The Kier molecular flexibility index (Phi) is 5.23. The third-order valence-electron chi connectivity index (χ3n) is 6.96. The van der Waals surface area contributed by atoms with Gasteiger partial charge >= 0.3 is 5.97 Å². The van der Waals surface area contributed by atoms with Crippen molar-refractivity contribution < 1.29 is 19.0 Å². The molecule has 0 aromatic heterocycles. The number of nitrogens with zero attached hydrogens (tertiary/aromatic N) is 1. The van der Waals surface area contributed by atoms with Crippen LogP contribution in [0.4, 0.5) is 4.39 Å². The topological polar surface area (TPSA) is 49.8 Å². The average molecular weight is 410 g/mol. The monoisotopic (exact) mass is 409 g/mol. The molecule has 2 aromatic rings. The van der Waals surface area contributed by atoms with E-state index < -0.39 is 5.97 Å². The Morgan fingerprint density at radius 3 is 2.63 bits per heavy atom.